The quantitative estimate of drug-likeness (QED) is 0.762. The molecule has 0 N–H and O–H groups in total. The normalized spacial score (nSPS) is 13.6. The summed E-state index contributed by atoms with van der Waals surface area (Å²) in [5.74, 6) is 0. The van der Waals surface area contributed by atoms with E-state index in [1.165, 1.54) is 9.35 Å². The molecule has 4 heteroatoms. The molecule has 1 atom stereocenters. The molecule has 0 bridgehead atoms. The van der Waals surface area contributed by atoms with Crippen molar-refractivity contribution in [2.45, 2.75) is 18.3 Å². The third-order valence-electron chi connectivity index (χ3n) is 1.67. The largest absolute Gasteiger partial charge is 0.300 e. The van der Waals surface area contributed by atoms with Crippen molar-refractivity contribution in [2.24, 2.45) is 0 Å². The molecule has 0 fully saturated rings. The number of alkyl halides is 1. The topological polar surface area (TPSA) is 3.24 Å². The van der Waals surface area contributed by atoms with E-state index in [1.807, 2.05) is 0 Å². The van der Waals surface area contributed by atoms with Crippen molar-refractivity contribution in [2.75, 3.05) is 13.6 Å². The summed E-state index contributed by atoms with van der Waals surface area (Å²) in [4.78, 5) is 4.27. The number of nitrogens with zero attached hydrogens (tertiary/aromatic N) is 1. The van der Waals surface area contributed by atoms with Gasteiger partial charge < -0.3 is 4.90 Å². The van der Waals surface area contributed by atoms with Gasteiger partial charge in [0.2, 0.25) is 0 Å². The Hall–Kier alpha value is 0.620. The predicted molar refractivity (Wildman–Crippen MR) is 66.7 cm³/mol. The van der Waals surface area contributed by atoms with E-state index >= 15 is 0 Å². The number of thiophene rings is 1. The molecule has 0 aliphatic rings. The van der Waals surface area contributed by atoms with Crippen LogP contribution in [-0.4, -0.2) is 23.3 Å². The third kappa shape index (κ3) is 4.11. The summed E-state index contributed by atoms with van der Waals surface area (Å²) in [5.41, 5.74) is 0. The Bertz CT molecular complexity index is 260. The highest BCUT2D eigenvalue weighted by Gasteiger charge is 2.07. The summed E-state index contributed by atoms with van der Waals surface area (Å²) >= 11 is 8.88. The Morgan fingerprint density at radius 2 is 2.31 bits per heavy atom. The average molecular weight is 327 g/mol. The van der Waals surface area contributed by atoms with E-state index in [1.54, 1.807) is 11.3 Å². The van der Waals surface area contributed by atoms with Crippen LogP contribution in [0.25, 0.3) is 0 Å². The molecule has 0 aliphatic heterocycles. The first-order chi connectivity index (χ1) is 6.09. The molecule has 0 saturated carbocycles. The molecule has 1 nitrogen and oxygen atoms in total. The summed E-state index contributed by atoms with van der Waals surface area (Å²) in [7, 11) is 2.14. The number of hydrogen-bond donors (Lipinski definition) is 0. The summed E-state index contributed by atoms with van der Waals surface area (Å²) < 4.78 is 1.23. The molecular weight excluding hydrogens is 314 g/mol. The third-order valence-corrected chi connectivity index (χ3v) is 3.87. The first-order valence-electron chi connectivity index (χ1n) is 4.14. The Balaban J connectivity index is 2.45. The fourth-order valence-electron chi connectivity index (χ4n) is 1.18. The lowest BCUT2D eigenvalue weighted by molar-refractivity contribution is 0.335. The fourth-order valence-corrected chi connectivity index (χ4v) is 3.23. The van der Waals surface area contributed by atoms with Crippen molar-refractivity contribution in [1.29, 1.82) is 0 Å². The minimum absolute atomic E-state index is 0.552. The maximum absolute atomic E-state index is 3.55. The fraction of sp³-hybridized carbons (Fsp3) is 0.556. The van der Waals surface area contributed by atoms with Crippen molar-refractivity contribution in [1.82, 2.24) is 4.90 Å². The molecule has 1 aromatic rings. The van der Waals surface area contributed by atoms with Crippen molar-refractivity contribution in [3.05, 3.63) is 20.8 Å². The Morgan fingerprint density at radius 1 is 1.62 bits per heavy atom. The second kappa shape index (κ2) is 5.49. The summed E-state index contributed by atoms with van der Waals surface area (Å²) in [6, 6.07) is 2.10. The highest BCUT2D eigenvalue weighted by molar-refractivity contribution is 9.10. The summed E-state index contributed by atoms with van der Waals surface area (Å²) in [6.45, 7) is 4.26. The standard InChI is InChI=1S/C9H13Br2NS/c1-7(10)5-12(2)6-9-8(11)3-4-13-9/h3-4,7H,5-6H2,1-2H3. The molecule has 1 heterocycles. The van der Waals surface area contributed by atoms with Crippen LogP contribution >= 0.6 is 43.2 Å². The van der Waals surface area contributed by atoms with Gasteiger partial charge in [0.05, 0.1) is 0 Å². The monoisotopic (exact) mass is 325 g/mol. The first kappa shape index (κ1) is 11.7. The molecule has 13 heavy (non-hydrogen) atoms. The van der Waals surface area contributed by atoms with Crippen LogP contribution in [0.15, 0.2) is 15.9 Å². The van der Waals surface area contributed by atoms with Gasteiger partial charge in [-0.15, -0.1) is 11.3 Å². The van der Waals surface area contributed by atoms with Crippen molar-refractivity contribution in [3.63, 3.8) is 0 Å². The van der Waals surface area contributed by atoms with Crippen LogP contribution in [0.2, 0.25) is 0 Å². The van der Waals surface area contributed by atoms with E-state index in [9.17, 15) is 0 Å². The molecule has 1 unspecified atom stereocenters. The van der Waals surface area contributed by atoms with Crippen LogP contribution in [0, 0.1) is 0 Å². The van der Waals surface area contributed by atoms with E-state index in [4.69, 9.17) is 0 Å². The van der Waals surface area contributed by atoms with Crippen molar-refractivity contribution >= 4 is 43.2 Å². The van der Waals surface area contributed by atoms with Crippen LogP contribution in [0.5, 0.6) is 0 Å². The molecule has 74 valence electrons. The van der Waals surface area contributed by atoms with Gasteiger partial charge in [-0.2, -0.15) is 0 Å². The molecule has 0 aromatic carbocycles. The molecule has 0 saturated heterocycles. The maximum atomic E-state index is 3.55. The molecule has 0 radical (unpaired) electrons. The van der Waals surface area contributed by atoms with Crippen LogP contribution in [0.3, 0.4) is 0 Å². The van der Waals surface area contributed by atoms with Gasteiger partial charge in [0.15, 0.2) is 0 Å². The SMILES string of the molecule is CC(Br)CN(C)Cc1sccc1Br. The van der Waals surface area contributed by atoms with Crippen molar-refractivity contribution in [3.8, 4) is 0 Å². The van der Waals surface area contributed by atoms with Gasteiger partial charge in [-0.1, -0.05) is 22.9 Å². The lowest BCUT2D eigenvalue weighted by Gasteiger charge is -2.17. The smallest absolute Gasteiger partial charge is 0.0336 e. The highest BCUT2D eigenvalue weighted by atomic mass is 79.9. The molecule has 0 aliphatic carbocycles. The lowest BCUT2D eigenvalue weighted by Crippen LogP contribution is -2.23. The van der Waals surface area contributed by atoms with E-state index in [-0.39, 0.29) is 0 Å². The van der Waals surface area contributed by atoms with Crippen LogP contribution in [0.4, 0.5) is 0 Å². The molecule has 0 amide bonds. The zero-order chi connectivity index (χ0) is 9.84. The van der Waals surface area contributed by atoms with Gasteiger partial charge in [-0.3, -0.25) is 0 Å². The number of hydrogen-bond acceptors (Lipinski definition) is 2. The van der Waals surface area contributed by atoms with E-state index < -0.39 is 0 Å². The average Bonchev–Trinajstić information content (AvgIpc) is 2.34. The van der Waals surface area contributed by atoms with Crippen LogP contribution in [0.1, 0.15) is 11.8 Å². The first-order valence-corrected chi connectivity index (χ1v) is 6.73. The van der Waals surface area contributed by atoms with Crippen molar-refractivity contribution < 1.29 is 0 Å². The van der Waals surface area contributed by atoms with Gasteiger partial charge >= 0.3 is 0 Å². The van der Waals surface area contributed by atoms with E-state index in [2.05, 4.69) is 62.2 Å². The number of rotatable bonds is 4. The van der Waals surface area contributed by atoms with Gasteiger partial charge in [-0.05, 0) is 34.4 Å². The molecule has 1 aromatic heterocycles. The van der Waals surface area contributed by atoms with E-state index in [0.29, 0.717) is 4.83 Å². The van der Waals surface area contributed by atoms with Gasteiger partial charge in [0.1, 0.15) is 0 Å². The van der Waals surface area contributed by atoms with Gasteiger partial charge in [0, 0.05) is 27.3 Å². The summed E-state index contributed by atoms with van der Waals surface area (Å²) in [6.07, 6.45) is 0. The zero-order valence-electron chi connectivity index (χ0n) is 7.76. The molecule has 1 rings (SSSR count). The highest BCUT2D eigenvalue weighted by Crippen LogP contribution is 2.23. The Kier molecular flexibility index (Phi) is 4.94. The minimum Gasteiger partial charge on any atom is -0.300 e. The zero-order valence-corrected chi connectivity index (χ0v) is 11.7. The second-order valence-corrected chi connectivity index (χ2v) is 6.59. The van der Waals surface area contributed by atoms with Gasteiger partial charge in [-0.25, -0.2) is 0 Å². The van der Waals surface area contributed by atoms with Gasteiger partial charge in [0.25, 0.3) is 0 Å². The summed E-state index contributed by atoms with van der Waals surface area (Å²) in [5, 5.41) is 2.12. The lowest BCUT2D eigenvalue weighted by atomic mass is 10.4. The molecule has 0 spiro atoms. The second-order valence-electron chi connectivity index (χ2n) is 3.17. The van der Waals surface area contributed by atoms with Crippen LogP contribution in [-0.2, 0) is 6.54 Å². The number of halogens is 2. The predicted octanol–water partition coefficient (Wildman–Crippen LogP) is 3.73. The van der Waals surface area contributed by atoms with Crippen LogP contribution < -0.4 is 0 Å². The Labute approximate surface area is 100 Å². The Morgan fingerprint density at radius 3 is 2.77 bits per heavy atom. The maximum Gasteiger partial charge on any atom is 0.0336 e. The molecular formula is C9H13Br2NS. The van der Waals surface area contributed by atoms with E-state index in [0.717, 1.165) is 13.1 Å². The minimum atomic E-state index is 0.552.